The number of nitrogen functional groups attached to an aromatic ring is 2. The second-order valence-corrected chi connectivity index (χ2v) is 18.8. The number of quaternary nitrogens is 2. The molecule has 4 aromatic heterocycles. The topological polar surface area (TPSA) is 386 Å². The number of likely N-dealkylation sites (N-methyl/N-ethyl adjacent to an activating group) is 2. The van der Waals surface area contributed by atoms with Crippen LogP contribution in [0.5, 0.6) is 0 Å². The lowest BCUT2D eigenvalue weighted by Gasteiger charge is -2.33. The van der Waals surface area contributed by atoms with Crippen LogP contribution in [-0.2, 0) is 36.9 Å². The van der Waals surface area contributed by atoms with Gasteiger partial charge in [0.1, 0.15) is 73.4 Å². The molecule has 0 aliphatic carbocycles. The second kappa shape index (κ2) is 25.1. The fourth-order valence-electron chi connectivity index (χ4n) is 8.22. The van der Waals surface area contributed by atoms with E-state index in [4.69, 9.17) is 42.3 Å². The molecule has 5 aromatic rings. The van der Waals surface area contributed by atoms with E-state index in [1.807, 2.05) is 52.5 Å². The molecule has 7 rings (SSSR count). The van der Waals surface area contributed by atoms with E-state index in [0.29, 0.717) is 70.3 Å². The first-order chi connectivity index (χ1) is 33.3. The minimum Gasteiger partial charge on any atom is -1.00 e. The molecule has 10 atom stereocenters. The number of carbonyl (C=O) groups is 3. The van der Waals surface area contributed by atoms with E-state index in [1.54, 1.807) is 0 Å². The van der Waals surface area contributed by atoms with E-state index in [2.05, 4.69) is 40.5 Å². The fourth-order valence-corrected chi connectivity index (χ4v) is 8.22. The third-order valence-corrected chi connectivity index (χ3v) is 12.3. The summed E-state index contributed by atoms with van der Waals surface area (Å²) >= 11 is 0. The molecule has 15 N–H and O–H groups in total. The molecule has 6 heterocycles. The van der Waals surface area contributed by atoms with Crippen LogP contribution < -0.4 is 81.5 Å². The molecular formula is C42H61F3I2N16O10. The molecule has 31 heteroatoms. The number of halogens is 5. The molecule has 0 bridgehead atoms. The lowest BCUT2D eigenvalue weighted by Crippen LogP contribution is -3.00. The van der Waals surface area contributed by atoms with Gasteiger partial charge < -0.3 is 125 Å². The highest BCUT2D eigenvalue weighted by molar-refractivity contribution is 5.83. The molecule has 0 spiro atoms. The molecule has 2 saturated heterocycles. The maximum Gasteiger partial charge on any atom is 0.490 e. The number of anilines is 2. The Bertz CT molecular complexity index is 2510. The lowest BCUT2D eigenvalue weighted by molar-refractivity contribution is -0.893. The van der Waals surface area contributed by atoms with E-state index < -0.39 is 73.3 Å². The summed E-state index contributed by atoms with van der Waals surface area (Å²) < 4.78 is 47.7. The van der Waals surface area contributed by atoms with E-state index >= 15 is 0 Å². The van der Waals surface area contributed by atoms with Crippen LogP contribution in [0.25, 0.3) is 22.3 Å². The number of alkyl halides is 3. The summed E-state index contributed by atoms with van der Waals surface area (Å²) in [6.07, 6.45) is -7.13. The molecule has 2 aliphatic rings. The number of rotatable bonds is 18. The van der Waals surface area contributed by atoms with Gasteiger partial charge in [-0.3, -0.25) is 18.7 Å². The van der Waals surface area contributed by atoms with Crippen molar-refractivity contribution in [3.05, 3.63) is 60.7 Å². The summed E-state index contributed by atoms with van der Waals surface area (Å²) in [7, 11) is 7.71. The molecule has 2 aliphatic heterocycles. The van der Waals surface area contributed by atoms with Gasteiger partial charge in [0.05, 0.1) is 66.0 Å². The van der Waals surface area contributed by atoms with Crippen molar-refractivity contribution < 1.29 is 119 Å². The summed E-state index contributed by atoms with van der Waals surface area (Å²) in [5.74, 6) is -3.04. The van der Waals surface area contributed by atoms with E-state index in [9.17, 15) is 43.2 Å². The number of nitrogens with one attached hydrogen (secondary N) is 2. The summed E-state index contributed by atoms with van der Waals surface area (Å²) in [5, 5.41) is 56.5. The van der Waals surface area contributed by atoms with Gasteiger partial charge in [-0.05, 0) is 11.1 Å². The Balaban J connectivity index is 0.00000120. The monoisotopic (exact) mass is 1260 g/mol. The van der Waals surface area contributed by atoms with Crippen molar-refractivity contribution in [2.75, 3.05) is 65.8 Å². The first-order valence-electron chi connectivity index (χ1n) is 22.2. The highest BCUT2D eigenvalue weighted by atomic mass is 127. The molecule has 26 nitrogen and oxygen atoms in total. The van der Waals surface area contributed by atoms with Gasteiger partial charge in [0.15, 0.2) is 35.4 Å². The van der Waals surface area contributed by atoms with E-state index in [0.717, 1.165) is 11.1 Å². The number of nitrogens with zero attached hydrogens (tertiary/aromatic N) is 10. The van der Waals surface area contributed by atoms with Crippen molar-refractivity contribution in [1.29, 1.82) is 0 Å². The number of amides is 2. The van der Waals surface area contributed by atoms with Crippen LogP contribution in [0.1, 0.15) is 36.4 Å². The third-order valence-electron chi connectivity index (χ3n) is 12.3. The normalized spacial score (nSPS) is 22.9. The third kappa shape index (κ3) is 15.2. The van der Waals surface area contributed by atoms with Gasteiger partial charge in [-0.2, -0.15) is 13.2 Å². The summed E-state index contributed by atoms with van der Waals surface area (Å²) in [6, 6.07) is 5.82. The average molecular weight is 1260 g/mol. The highest BCUT2D eigenvalue weighted by Crippen LogP contribution is 2.34. The van der Waals surface area contributed by atoms with Gasteiger partial charge in [-0.15, -0.1) is 0 Å². The van der Waals surface area contributed by atoms with Gasteiger partial charge in [0.2, 0.25) is 11.8 Å². The van der Waals surface area contributed by atoms with Gasteiger partial charge in [-0.1, -0.05) is 24.3 Å². The largest absolute Gasteiger partial charge is 1.00 e. The molecular weight excluding hydrogens is 1200 g/mol. The number of carboxylic acids is 1. The number of hydrogen-bond acceptors (Lipinski definition) is 19. The summed E-state index contributed by atoms with van der Waals surface area (Å²) in [4.78, 5) is 59.7. The van der Waals surface area contributed by atoms with E-state index in [-0.39, 0.29) is 84.5 Å². The fraction of sp³-hybridized carbons (Fsp3) is 0.548. The standard InChI is InChI=1S/C40H58N16O8.C2HF3O2.2HI/c1-55(2,15-25-29(57)31(59)39(63-25)53-19-51-27-33(43)47-17-49-35(27)53)10-8-23(41)37(61)45-13-21-6-5-7-22(12-21)14-46-38(62)24(42)9-11-56(3,4)16-26-30(58)32(60)40(64-26)54-20-52-28-34(44)48-18-50-36(28)54;3-2(4,5)1(6)7;;/h5-7,12,17-20,23-26,29-32,39-40,57-60H,8-11,13-16,41-42H2,1-4H3,(H4-2,43,44,45,46,47,48,49,50,61,62);(H,6,7);2*1H/t23-,24-,25+,26+,29+,30+,31+,32+,39+,40+;;;/m0.../s1. The molecule has 2 fully saturated rings. The number of aliphatic hydroxyl groups is 4. The van der Waals surface area contributed by atoms with Crippen molar-refractivity contribution in [3.63, 3.8) is 0 Å². The van der Waals surface area contributed by atoms with Crippen molar-refractivity contribution in [3.8, 4) is 0 Å². The van der Waals surface area contributed by atoms with Crippen LogP contribution >= 0.6 is 0 Å². The number of fused-ring (bicyclic) bond motifs is 2. The van der Waals surface area contributed by atoms with E-state index in [1.165, 1.54) is 34.4 Å². The molecule has 404 valence electrons. The zero-order valence-electron chi connectivity index (χ0n) is 40.0. The Morgan fingerprint density at radius 2 is 1.05 bits per heavy atom. The quantitative estimate of drug-likeness (QED) is 0.0287. The SMILES string of the molecule is C[N+](C)(CC[C@H](N)C(=O)NCc1cccc(CNC(=O)[C@@H](N)CC[N+](C)(C)C[C@H]2O[C@@H](n3cnc4c(N)ncnc43)[C@H](O)[C@@H]2O)c1)C[C@H]1O[C@@H](n2cnc3c(N)ncnc32)[C@H](O)[C@@H]1O.O=C(O)C(F)(F)F.[I-].[I-]. The van der Waals surface area contributed by atoms with Gasteiger partial charge in [-0.25, -0.2) is 34.7 Å². The zero-order chi connectivity index (χ0) is 52.2. The molecule has 73 heavy (non-hydrogen) atoms. The lowest BCUT2D eigenvalue weighted by atomic mass is 10.1. The number of carboxylic acid groups (broad SMARTS) is 1. The smallest absolute Gasteiger partial charge is 0.490 e. The maximum absolute atomic E-state index is 13.0. The number of aliphatic hydroxyl groups excluding tert-OH is 4. The second-order valence-electron chi connectivity index (χ2n) is 18.8. The Kier molecular flexibility index (Phi) is 20.9. The molecule has 2 amide bonds. The number of carbonyl (C=O) groups excluding carboxylic acids is 2. The minimum atomic E-state index is -5.08. The van der Waals surface area contributed by atoms with Crippen molar-refractivity contribution in [2.24, 2.45) is 11.5 Å². The molecule has 0 radical (unpaired) electrons. The first kappa shape index (κ1) is 60.7. The molecule has 1 aromatic carbocycles. The van der Waals surface area contributed by atoms with Gasteiger partial charge >= 0.3 is 12.1 Å². The number of aliphatic carboxylic acids is 1. The zero-order valence-corrected chi connectivity index (χ0v) is 44.3. The van der Waals surface area contributed by atoms with Gasteiger partial charge in [0.25, 0.3) is 0 Å². The number of imidazole rings is 2. The number of ether oxygens (including phenoxy) is 2. The van der Waals surface area contributed by atoms with Crippen LogP contribution in [-0.4, -0.2) is 201 Å². The Morgan fingerprint density at radius 3 is 1.41 bits per heavy atom. The van der Waals surface area contributed by atoms with Crippen LogP contribution in [0.2, 0.25) is 0 Å². The summed E-state index contributed by atoms with van der Waals surface area (Å²) in [5.41, 5.74) is 27.5. The predicted molar refractivity (Wildman–Crippen MR) is 244 cm³/mol. The number of aromatic nitrogens is 8. The Morgan fingerprint density at radius 1 is 0.685 bits per heavy atom. The number of hydrogen-bond donors (Lipinski definition) is 11. The van der Waals surface area contributed by atoms with Crippen molar-refractivity contribution in [1.82, 2.24) is 49.7 Å². The van der Waals surface area contributed by atoms with Gasteiger partial charge in [0, 0.05) is 25.9 Å². The molecule has 0 unspecified atom stereocenters. The number of nitrogens with two attached hydrogens (primary N) is 4. The van der Waals surface area contributed by atoms with Crippen LogP contribution in [0.3, 0.4) is 0 Å². The van der Waals surface area contributed by atoms with Crippen LogP contribution in [0.4, 0.5) is 24.8 Å². The molecule has 0 saturated carbocycles. The van der Waals surface area contributed by atoms with Crippen molar-refractivity contribution >= 4 is 51.7 Å². The maximum atomic E-state index is 13.0. The predicted octanol–water partition coefficient (Wildman–Crippen LogP) is -8.77. The minimum absolute atomic E-state index is 0. The number of benzene rings is 1. The highest BCUT2D eigenvalue weighted by Gasteiger charge is 2.48. The Hall–Kier alpha value is -4.82. The van der Waals surface area contributed by atoms with Crippen LogP contribution in [0, 0.1) is 0 Å². The Labute approximate surface area is 449 Å². The first-order valence-corrected chi connectivity index (χ1v) is 22.2. The van der Waals surface area contributed by atoms with Crippen LogP contribution in [0.15, 0.2) is 49.6 Å². The average Bonchev–Trinajstić information content (AvgIpc) is 4.08. The summed E-state index contributed by atoms with van der Waals surface area (Å²) in [6.45, 7) is 2.05. The van der Waals surface area contributed by atoms with Crippen molar-refractivity contribution in [2.45, 2.75) is 93.3 Å².